The van der Waals surface area contributed by atoms with Crippen LogP contribution in [0.3, 0.4) is 0 Å². The molecule has 0 aromatic heterocycles. The summed E-state index contributed by atoms with van der Waals surface area (Å²) < 4.78 is 7.97. The van der Waals surface area contributed by atoms with Crippen LogP contribution >= 0.6 is 45.2 Å². The second-order valence-electron chi connectivity index (χ2n) is 7.69. The van der Waals surface area contributed by atoms with E-state index in [0.717, 1.165) is 41.6 Å². The number of hydrogen-bond acceptors (Lipinski definition) is 3. The molecule has 0 saturated heterocycles. The van der Waals surface area contributed by atoms with Crippen LogP contribution in [0.15, 0.2) is 122 Å². The molecule has 0 fully saturated rings. The molecule has 0 saturated carbocycles. The van der Waals surface area contributed by atoms with Crippen molar-refractivity contribution in [2.24, 2.45) is 0 Å². The third kappa shape index (κ3) is 16.9. The van der Waals surface area contributed by atoms with Crippen LogP contribution < -0.4 is 4.74 Å². The number of phenolic OH excluding ortho intramolecular Hbond substituents is 1. The Bertz CT molecular complexity index is 1070. The molecule has 2 N–H and O–H groups in total. The summed E-state index contributed by atoms with van der Waals surface area (Å²) in [6.45, 7) is 7.06. The monoisotopic (exact) mass is 722 g/mol. The average Bonchev–Trinajstić information content (AvgIpc) is 2.93. The molecule has 4 aromatic carbocycles. The Hall–Kier alpha value is -2.36. The molecule has 196 valence electrons. The van der Waals surface area contributed by atoms with Gasteiger partial charge in [-0.25, -0.2) is 0 Å². The van der Waals surface area contributed by atoms with Gasteiger partial charge >= 0.3 is 0 Å². The minimum Gasteiger partial charge on any atom is -0.508 e. The Morgan fingerprint density at radius 1 is 0.622 bits per heavy atom. The van der Waals surface area contributed by atoms with Crippen LogP contribution in [0, 0.1) is 7.14 Å². The van der Waals surface area contributed by atoms with E-state index in [-0.39, 0.29) is 6.61 Å². The number of aryl methyl sites for hydroxylation is 2. The van der Waals surface area contributed by atoms with Gasteiger partial charge in [0.2, 0.25) is 0 Å². The fourth-order valence-corrected chi connectivity index (χ4v) is 4.11. The van der Waals surface area contributed by atoms with Gasteiger partial charge in [0.1, 0.15) is 11.5 Å². The van der Waals surface area contributed by atoms with E-state index < -0.39 is 0 Å². The number of hydrogen-bond donors (Lipinski definition) is 2. The predicted octanol–water partition coefficient (Wildman–Crippen LogP) is 8.71. The van der Waals surface area contributed by atoms with Crippen molar-refractivity contribution >= 4 is 45.2 Å². The summed E-state index contributed by atoms with van der Waals surface area (Å²) in [4.78, 5) is 0. The third-order valence-corrected chi connectivity index (χ3v) is 6.13. The van der Waals surface area contributed by atoms with Gasteiger partial charge in [0.05, 0.1) is 6.61 Å². The van der Waals surface area contributed by atoms with Crippen LogP contribution in [-0.2, 0) is 12.8 Å². The number of ether oxygens (including phenoxy) is 1. The Labute approximate surface area is 249 Å². The van der Waals surface area contributed by atoms with Gasteiger partial charge in [-0.15, -0.1) is 13.2 Å². The molecule has 0 aliphatic heterocycles. The molecule has 0 atom stereocenters. The standard InChI is InChI=1S/C15H15IO.C9H12O.C6H5IO.C2H4/c16-14-9-4-10-15(12-14)17-11-5-8-13-6-2-1-3-7-13;10-8-4-7-9-5-2-1-3-6-9;7-5-2-1-3-6(8)4-5;1-2/h1-4,6-7,9-10,12H,5,8,11H2;1-3,5-6,10H,4,7-8H2;1-4,8H;1-2H2. The molecule has 0 radical (unpaired) electrons. The van der Waals surface area contributed by atoms with Crippen molar-refractivity contribution in [2.45, 2.75) is 25.7 Å². The largest absolute Gasteiger partial charge is 0.508 e. The van der Waals surface area contributed by atoms with E-state index in [9.17, 15) is 0 Å². The first-order chi connectivity index (χ1) is 18.1. The molecule has 0 bridgehead atoms. The van der Waals surface area contributed by atoms with Crippen LogP contribution in [0.25, 0.3) is 0 Å². The molecule has 0 aliphatic carbocycles. The highest BCUT2D eigenvalue weighted by molar-refractivity contribution is 14.1. The Morgan fingerprint density at radius 2 is 1.14 bits per heavy atom. The van der Waals surface area contributed by atoms with Crippen LogP contribution in [-0.4, -0.2) is 23.4 Å². The molecule has 0 spiro atoms. The number of aromatic hydroxyl groups is 1. The SMILES string of the molecule is C=C.Ic1cccc(OCCCc2ccccc2)c1.OCCCc1ccccc1.Oc1cccc(I)c1. The topological polar surface area (TPSA) is 49.7 Å². The molecule has 4 aromatic rings. The molecule has 4 rings (SSSR count). The highest BCUT2D eigenvalue weighted by Crippen LogP contribution is 2.15. The molecular formula is C32H36I2O3. The highest BCUT2D eigenvalue weighted by Gasteiger charge is 1.96. The lowest BCUT2D eigenvalue weighted by Crippen LogP contribution is -1.99. The fraction of sp³-hybridized carbons (Fsp3) is 0.188. The Morgan fingerprint density at radius 3 is 1.59 bits per heavy atom. The number of phenols is 1. The van der Waals surface area contributed by atoms with Gasteiger partial charge < -0.3 is 14.9 Å². The summed E-state index contributed by atoms with van der Waals surface area (Å²) in [5.74, 6) is 1.29. The third-order valence-electron chi connectivity index (χ3n) is 4.79. The zero-order chi connectivity index (χ0) is 27.1. The maximum absolute atomic E-state index is 8.81. The fourth-order valence-electron chi connectivity index (χ4n) is 3.07. The first kappa shape index (κ1) is 32.7. The lowest BCUT2D eigenvalue weighted by atomic mass is 10.1. The van der Waals surface area contributed by atoms with Gasteiger partial charge in [-0.05, 0) is 118 Å². The molecule has 0 unspecified atom stereocenters. The number of aliphatic hydroxyl groups is 1. The van der Waals surface area contributed by atoms with Gasteiger partial charge in [-0.1, -0.05) is 72.8 Å². The molecular weight excluding hydrogens is 686 g/mol. The van der Waals surface area contributed by atoms with Crippen molar-refractivity contribution in [2.75, 3.05) is 13.2 Å². The van der Waals surface area contributed by atoms with Crippen molar-refractivity contribution in [3.05, 3.63) is 141 Å². The van der Waals surface area contributed by atoms with Crippen molar-refractivity contribution in [3.8, 4) is 11.5 Å². The van der Waals surface area contributed by atoms with Crippen molar-refractivity contribution in [1.82, 2.24) is 0 Å². The first-order valence-electron chi connectivity index (χ1n) is 12.1. The lowest BCUT2D eigenvalue weighted by Gasteiger charge is -2.06. The van der Waals surface area contributed by atoms with Gasteiger partial charge in [0.25, 0.3) is 0 Å². The maximum Gasteiger partial charge on any atom is 0.120 e. The van der Waals surface area contributed by atoms with Gasteiger partial charge in [0.15, 0.2) is 0 Å². The van der Waals surface area contributed by atoms with E-state index in [2.05, 4.69) is 107 Å². The van der Waals surface area contributed by atoms with E-state index >= 15 is 0 Å². The zero-order valence-corrected chi connectivity index (χ0v) is 25.4. The summed E-state index contributed by atoms with van der Waals surface area (Å²) >= 11 is 4.44. The van der Waals surface area contributed by atoms with E-state index in [1.54, 1.807) is 12.1 Å². The van der Waals surface area contributed by atoms with Crippen molar-refractivity contribution < 1.29 is 14.9 Å². The number of rotatable bonds is 8. The van der Waals surface area contributed by atoms with Crippen LogP contribution in [0.1, 0.15) is 24.0 Å². The molecule has 0 amide bonds. The van der Waals surface area contributed by atoms with Gasteiger partial charge in [-0.3, -0.25) is 0 Å². The Kier molecular flexibility index (Phi) is 19.2. The summed E-state index contributed by atoms with van der Waals surface area (Å²) in [6, 6.07) is 36.0. The normalized spacial score (nSPS) is 9.38. The van der Waals surface area contributed by atoms with E-state index in [1.807, 2.05) is 48.5 Å². The molecule has 0 heterocycles. The average molecular weight is 722 g/mol. The minimum absolute atomic E-state index is 0.287. The Balaban J connectivity index is 0.000000291. The minimum atomic E-state index is 0.287. The molecule has 0 aliphatic rings. The van der Waals surface area contributed by atoms with Gasteiger partial charge in [-0.2, -0.15) is 0 Å². The van der Waals surface area contributed by atoms with Crippen LogP contribution in [0.5, 0.6) is 11.5 Å². The smallest absolute Gasteiger partial charge is 0.120 e. The first-order valence-corrected chi connectivity index (χ1v) is 14.2. The molecule has 37 heavy (non-hydrogen) atoms. The number of aliphatic hydroxyl groups excluding tert-OH is 1. The van der Waals surface area contributed by atoms with E-state index in [4.69, 9.17) is 14.9 Å². The second-order valence-corrected chi connectivity index (χ2v) is 10.2. The van der Waals surface area contributed by atoms with Crippen molar-refractivity contribution in [1.29, 1.82) is 0 Å². The summed E-state index contributed by atoms with van der Waals surface area (Å²) in [6.07, 6.45) is 3.97. The summed E-state index contributed by atoms with van der Waals surface area (Å²) in [7, 11) is 0. The van der Waals surface area contributed by atoms with Gasteiger partial charge in [0, 0.05) is 13.7 Å². The van der Waals surface area contributed by atoms with Crippen LogP contribution in [0.4, 0.5) is 0 Å². The quantitative estimate of drug-likeness (QED) is 0.109. The highest BCUT2D eigenvalue weighted by atomic mass is 127. The lowest BCUT2D eigenvalue weighted by molar-refractivity contribution is 0.288. The van der Waals surface area contributed by atoms with Crippen LogP contribution in [0.2, 0.25) is 0 Å². The summed E-state index contributed by atoms with van der Waals surface area (Å²) in [5.41, 5.74) is 2.68. The summed E-state index contributed by atoms with van der Waals surface area (Å²) in [5, 5.41) is 17.3. The number of benzene rings is 4. The maximum atomic E-state index is 8.81. The predicted molar refractivity (Wildman–Crippen MR) is 173 cm³/mol. The van der Waals surface area contributed by atoms with Crippen molar-refractivity contribution in [3.63, 3.8) is 0 Å². The van der Waals surface area contributed by atoms with E-state index in [1.165, 1.54) is 14.7 Å². The second kappa shape index (κ2) is 21.7. The molecule has 5 heteroatoms. The molecule has 3 nitrogen and oxygen atoms in total. The van der Waals surface area contributed by atoms with E-state index in [0.29, 0.717) is 5.75 Å². The number of halogens is 2. The zero-order valence-electron chi connectivity index (χ0n) is 21.1.